The number of nitro groups is 1. The predicted octanol–water partition coefficient (Wildman–Crippen LogP) is 6.20. The van der Waals surface area contributed by atoms with E-state index in [1.807, 2.05) is 11.8 Å². The summed E-state index contributed by atoms with van der Waals surface area (Å²) in [4.78, 5) is 25.5. The quantitative estimate of drug-likeness (QED) is 0.290. The number of aryl methyl sites for hydroxylation is 2. The van der Waals surface area contributed by atoms with Gasteiger partial charge in [-0.1, -0.05) is 29.8 Å². The number of fused-ring (bicyclic) bond motifs is 1. The van der Waals surface area contributed by atoms with E-state index in [2.05, 4.69) is 61.6 Å². The molecular weight excluding hydrogens is 414 g/mol. The summed E-state index contributed by atoms with van der Waals surface area (Å²) >= 11 is 0. The first kappa shape index (κ1) is 22.3. The monoisotopic (exact) mass is 441 g/mol. The molecule has 0 bridgehead atoms. The highest BCUT2D eigenvalue weighted by molar-refractivity contribution is 6.05. The molecule has 1 amide bonds. The van der Waals surface area contributed by atoms with Crippen LogP contribution < -0.4 is 10.2 Å². The van der Waals surface area contributed by atoms with Crippen LogP contribution in [0.5, 0.6) is 0 Å². The van der Waals surface area contributed by atoms with Crippen LogP contribution in [0.1, 0.15) is 41.6 Å². The normalized spacial score (nSPS) is 17.6. The maximum absolute atomic E-state index is 13.2. The molecule has 168 valence electrons. The lowest BCUT2D eigenvalue weighted by Gasteiger charge is -2.39. The van der Waals surface area contributed by atoms with E-state index < -0.39 is 4.92 Å². The van der Waals surface area contributed by atoms with Gasteiger partial charge in [-0.3, -0.25) is 14.9 Å². The van der Waals surface area contributed by atoms with Gasteiger partial charge in [-0.2, -0.15) is 0 Å². The van der Waals surface area contributed by atoms with Crippen molar-refractivity contribution in [1.82, 2.24) is 0 Å². The number of carbonyl (C=O) groups excluding carboxylic acids is 1. The van der Waals surface area contributed by atoms with Crippen LogP contribution in [0.25, 0.3) is 6.08 Å². The first-order valence-electron chi connectivity index (χ1n) is 11.0. The number of nitrogens with zero attached hydrogens (tertiary/aromatic N) is 2. The fourth-order valence-electron chi connectivity index (χ4n) is 4.25. The second-order valence-electron chi connectivity index (χ2n) is 8.60. The molecule has 1 heterocycles. The summed E-state index contributed by atoms with van der Waals surface area (Å²) in [5.74, 6) is -0.110. The standard InChI is InChI=1S/C27H27N3O3/c1-18-4-10-22(11-5-18)28-25-17-20(3)29(26-16-19(2)6-14-24(25)26)27(31)15-9-21-7-12-23(13-8-21)30(32)33/h4-16,20,25,28H,17H2,1-3H3/b15-9+/t20-,25-/m0/s1. The summed E-state index contributed by atoms with van der Waals surface area (Å²) < 4.78 is 0. The Kier molecular flexibility index (Phi) is 6.27. The summed E-state index contributed by atoms with van der Waals surface area (Å²) in [6.07, 6.45) is 4.02. The van der Waals surface area contributed by atoms with Gasteiger partial charge in [0.1, 0.15) is 0 Å². The van der Waals surface area contributed by atoms with E-state index in [1.165, 1.54) is 23.8 Å². The lowest BCUT2D eigenvalue weighted by molar-refractivity contribution is -0.384. The molecule has 0 saturated carbocycles. The van der Waals surface area contributed by atoms with Crippen molar-refractivity contribution in [3.63, 3.8) is 0 Å². The zero-order chi connectivity index (χ0) is 23.5. The lowest BCUT2D eigenvalue weighted by atomic mass is 9.90. The summed E-state index contributed by atoms with van der Waals surface area (Å²) in [6.45, 7) is 6.16. The third kappa shape index (κ3) is 4.95. The second kappa shape index (κ2) is 9.28. The summed E-state index contributed by atoms with van der Waals surface area (Å²) in [7, 11) is 0. The van der Waals surface area contributed by atoms with Gasteiger partial charge in [-0.25, -0.2) is 0 Å². The highest BCUT2D eigenvalue weighted by Gasteiger charge is 2.33. The molecule has 0 unspecified atom stereocenters. The minimum absolute atomic E-state index is 0.00346. The van der Waals surface area contributed by atoms with Crippen molar-refractivity contribution in [3.05, 3.63) is 105 Å². The van der Waals surface area contributed by atoms with Crippen LogP contribution in [0.2, 0.25) is 0 Å². The van der Waals surface area contributed by atoms with E-state index >= 15 is 0 Å². The fraction of sp³-hybridized carbons (Fsp3) is 0.222. The van der Waals surface area contributed by atoms with Crippen LogP contribution in [-0.4, -0.2) is 16.9 Å². The van der Waals surface area contributed by atoms with E-state index in [-0.39, 0.29) is 23.7 Å². The second-order valence-corrected chi connectivity index (χ2v) is 8.60. The number of non-ortho nitro benzene ring substituents is 1. The van der Waals surface area contributed by atoms with Crippen molar-refractivity contribution < 1.29 is 9.72 Å². The van der Waals surface area contributed by atoms with Gasteiger partial charge in [0.2, 0.25) is 0 Å². The van der Waals surface area contributed by atoms with Crippen molar-refractivity contribution in [2.24, 2.45) is 0 Å². The highest BCUT2D eigenvalue weighted by atomic mass is 16.6. The lowest BCUT2D eigenvalue weighted by Crippen LogP contribution is -2.43. The molecule has 6 nitrogen and oxygen atoms in total. The number of nitro benzene ring substituents is 1. The molecule has 0 radical (unpaired) electrons. The molecule has 0 saturated heterocycles. The number of amides is 1. The van der Waals surface area contributed by atoms with Gasteiger partial charge in [-0.15, -0.1) is 0 Å². The van der Waals surface area contributed by atoms with E-state index in [0.717, 1.165) is 34.5 Å². The molecule has 1 aliphatic rings. The molecule has 1 aliphatic heterocycles. The fourth-order valence-corrected chi connectivity index (χ4v) is 4.25. The Morgan fingerprint density at radius 1 is 1.03 bits per heavy atom. The van der Waals surface area contributed by atoms with Crippen LogP contribution in [0, 0.1) is 24.0 Å². The molecule has 1 N–H and O–H groups in total. The maximum atomic E-state index is 13.2. The van der Waals surface area contributed by atoms with E-state index in [1.54, 1.807) is 18.2 Å². The molecule has 33 heavy (non-hydrogen) atoms. The van der Waals surface area contributed by atoms with Gasteiger partial charge in [0.25, 0.3) is 11.6 Å². The molecule has 0 aromatic heterocycles. The van der Waals surface area contributed by atoms with Gasteiger partial charge < -0.3 is 10.2 Å². The number of hydrogen-bond acceptors (Lipinski definition) is 4. The molecule has 3 aromatic carbocycles. The van der Waals surface area contributed by atoms with Crippen LogP contribution >= 0.6 is 0 Å². The Bertz CT molecular complexity index is 1200. The first-order chi connectivity index (χ1) is 15.8. The van der Waals surface area contributed by atoms with Crippen LogP contribution in [-0.2, 0) is 4.79 Å². The smallest absolute Gasteiger partial charge is 0.269 e. The van der Waals surface area contributed by atoms with Gasteiger partial charge in [-0.05, 0) is 80.3 Å². The zero-order valence-corrected chi connectivity index (χ0v) is 19.0. The molecule has 2 atom stereocenters. The summed E-state index contributed by atoms with van der Waals surface area (Å²) in [5.41, 5.74) is 6.14. The molecule has 6 heteroatoms. The minimum Gasteiger partial charge on any atom is -0.378 e. The molecule has 4 rings (SSSR count). The number of nitrogens with one attached hydrogen (secondary N) is 1. The van der Waals surface area contributed by atoms with E-state index in [0.29, 0.717) is 0 Å². The average molecular weight is 442 g/mol. The minimum atomic E-state index is -0.436. The molecular formula is C27H27N3O3. The SMILES string of the molecule is Cc1ccc(N[C@H]2C[C@H](C)N(C(=O)/C=C/c3ccc([N+](=O)[O-])cc3)c3cc(C)ccc32)cc1. The predicted molar refractivity (Wildman–Crippen MR) is 132 cm³/mol. The number of rotatable bonds is 5. The Morgan fingerprint density at radius 2 is 1.70 bits per heavy atom. The molecule has 0 fully saturated rings. The highest BCUT2D eigenvalue weighted by Crippen LogP contribution is 2.39. The topological polar surface area (TPSA) is 75.5 Å². The van der Waals surface area contributed by atoms with Crippen molar-refractivity contribution in [3.8, 4) is 0 Å². The first-order valence-corrected chi connectivity index (χ1v) is 11.0. The Hall–Kier alpha value is -3.93. The number of carbonyl (C=O) groups is 1. The third-order valence-corrected chi connectivity index (χ3v) is 5.99. The summed E-state index contributed by atoms with van der Waals surface area (Å²) in [5, 5.41) is 14.5. The van der Waals surface area contributed by atoms with Gasteiger partial charge in [0, 0.05) is 35.6 Å². The third-order valence-electron chi connectivity index (χ3n) is 5.99. The van der Waals surface area contributed by atoms with Gasteiger partial charge in [0.05, 0.1) is 11.0 Å². The Labute approximate surface area is 193 Å². The maximum Gasteiger partial charge on any atom is 0.269 e. The average Bonchev–Trinajstić information content (AvgIpc) is 2.79. The van der Waals surface area contributed by atoms with Gasteiger partial charge in [0.15, 0.2) is 0 Å². The molecule has 0 aliphatic carbocycles. The van der Waals surface area contributed by atoms with Crippen LogP contribution in [0.15, 0.2) is 72.8 Å². The van der Waals surface area contributed by atoms with Crippen LogP contribution in [0.4, 0.5) is 17.1 Å². The van der Waals surface area contributed by atoms with Crippen molar-refractivity contribution >= 4 is 29.0 Å². The molecule has 0 spiro atoms. The number of anilines is 2. The summed E-state index contributed by atoms with van der Waals surface area (Å²) in [6, 6.07) is 20.8. The largest absolute Gasteiger partial charge is 0.378 e. The zero-order valence-electron chi connectivity index (χ0n) is 19.0. The van der Waals surface area contributed by atoms with Gasteiger partial charge >= 0.3 is 0 Å². The number of benzene rings is 3. The van der Waals surface area contributed by atoms with Crippen molar-refractivity contribution in [1.29, 1.82) is 0 Å². The van der Waals surface area contributed by atoms with Crippen molar-refractivity contribution in [2.75, 3.05) is 10.2 Å². The van der Waals surface area contributed by atoms with E-state index in [9.17, 15) is 14.9 Å². The van der Waals surface area contributed by atoms with E-state index in [4.69, 9.17) is 0 Å². The van der Waals surface area contributed by atoms with Crippen molar-refractivity contribution in [2.45, 2.75) is 39.3 Å². The van der Waals surface area contributed by atoms with Crippen LogP contribution in [0.3, 0.4) is 0 Å². The number of hydrogen-bond donors (Lipinski definition) is 1. The Morgan fingerprint density at radius 3 is 2.36 bits per heavy atom. The molecule has 3 aromatic rings. The Balaban J connectivity index is 1.59.